The Kier molecular flexibility index (Phi) is 3.47. The maximum Gasteiger partial charge on any atom is 0.108 e. The lowest BCUT2D eigenvalue weighted by molar-refractivity contribution is -0.0698. The van der Waals surface area contributed by atoms with Gasteiger partial charge >= 0.3 is 0 Å². The molecule has 2 unspecified atom stereocenters. The monoisotopic (exact) mass is 201 g/mol. The van der Waals surface area contributed by atoms with E-state index in [4.69, 9.17) is 16.2 Å². The number of hydrogen-bond acceptors (Lipinski definition) is 4. The molecule has 0 aromatic carbocycles. The van der Waals surface area contributed by atoms with Gasteiger partial charge in [-0.3, -0.25) is 10.3 Å². The molecule has 0 aromatic rings. The van der Waals surface area contributed by atoms with Gasteiger partial charge < -0.3 is 15.9 Å². The molecule has 0 aliphatic carbocycles. The number of hydrogen-bond donors (Lipinski definition) is 4. The van der Waals surface area contributed by atoms with Crippen LogP contribution in [0.4, 0.5) is 0 Å². The number of aliphatic hydroxyl groups is 2. The predicted molar refractivity (Wildman–Crippen MR) is 54.2 cm³/mol. The third-order valence-corrected chi connectivity index (χ3v) is 2.88. The summed E-state index contributed by atoms with van der Waals surface area (Å²) in [4.78, 5) is 1.93. The van der Waals surface area contributed by atoms with Gasteiger partial charge in [-0.1, -0.05) is 0 Å². The van der Waals surface area contributed by atoms with E-state index in [0.29, 0.717) is 13.0 Å². The van der Waals surface area contributed by atoms with Crippen LogP contribution in [0.15, 0.2) is 0 Å². The van der Waals surface area contributed by atoms with E-state index in [9.17, 15) is 5.11 Å². The van der Waals surface area contributed by atoms with Crippen LogP contribution >= 0.6 is 0 Å². The summed E-state index contributed by atoms with van der Waals surface area (Å²) < 4.78 is 0. The molecule has 0 aromatic heterocycles. The van der Waals surface area contributed by atoms with E-state index in [1.165, 1.54) is 0 Å². The van der Waals surface area contributed by atoms with Gasteiger partial charge in [-0.2, -0.15) is 0 Å². The Balaban J connectivity index is 2.60. The van der Waals surface area contributed by atoms with Crippen LogP contribution in [0.3, 0.4) is 0 Å². The normalized spacial score (nSPS) is 31.4. The van der Waals surface area contributed by atoms with Crippen molar-refractivity contribution >= 4 is 5.84 Å². The molecule has 0 saturated carbocycles. The Labute approximate surface area is 84.0 Å². The number of amidine groups is 1. The van der Waals surface area contributed by atoms with Crippen LogP contribution in [0.2, 0.25) is 0 Å². The van der Waals surface area contributed by atoms with Crippen molar-refractivity contribution in [2.75, 3.05) is 19.7 Å². The summed E-state index contributed by atoms with van der Waals surface area (Å²) in [6.45, 7) is 2.83. The molecule has 1 rings (SSSR count). The summed E-state index contributed by atoms with van der Waals surface area (Å²) in [6.07, 6.45) is 1.44. The zero-order chi connectivity index (χ0) is 10.8. The molecule has 1 fully saturated rings. The second-order valence-corrected chi connectivity index (χ2v) is 4.09. The van der Waals surface area contributed by atoms with Crippen LogP contribution in [-0.2, 0) is 0 Å². The van der Waals surface area contributed by atoms with E-state index in [2.05, 4.69) is 0 Å². The molecular weight excluding hydrogens is 182 g/mol. The van der Waals surface area contributed by atoms with Gasteiger partial charge in [-0.05, 0) is 26.3 Å². The number of β-amino-alcohol motifs (C(OH)–C–C–N with tert-alkyl or cyclic N) is 1. The predicted octanol–water partition coefficient (Wildman–Crippen LogP) is -0.870. The fourth-order valence-electron chi connectivity index (χ4n) is 1.80. The van der Waals surface area contributed by atoms with Crippen molar-refractivity contribution in [1.29, 1.82) is 5.41 Å². The first-order valence-corrected chi connectivity index (χ1v) is 4.90. The molecule has 5 heteroatoms. The molecule has 1 aliphatic rings. The number of aliphatic hydroxyl groups excluding tert-OH is 1. The van der Waals surface area contributed by atoms with E-state index in [0.717, 1.165) is 13.0 Å². The first-order chi connectivity index (χ1) is 6.48. The molecule has 1 aliphatic heterocycles. The van der Waals surface area contributed by atoms with Crippen LogP contribution < -0.4 is 5.73 Å². The van der Waals surface area contributed by atoms with Crippen molar-refractivity contribution in [2.24, 2.45) is 5.73 Å². The minimum Gasteiger partial charge on any atom is -0.393 e. The molecule has 14 heavy (non-hydrogen) atoms. The van der Waals surface area contributed by atoms with Crippen molar-refractivity contribution in [1.82, 2.24) is 4.90 Å². The lowest BCUT2D eigenvalue weighted by Crippen LogP contribution is -2.55. The smallest absolute Gasteiger partial charge is 0.108 e. The SMILES string of the molecule is CC(C(=N)N)N1CCCC(O)(CO)C1. The molecular formula is C9H19N3O2. The Morgan fingerprint density at radius 3 is 2.86 bits per heavy atom. The Hall–Kier alpha value is -0.650. The fourth-order valence-corrected chi connectivity index (χ4v) is 1.80. The molecule has 0 bridgehead atoms. The van der Waals surface area contributed by atoms with Gasteiger partial charge in [-0.25, -0.2) is 0 Å². The van der Waals surface area contributed by atoms with Crippen LogP contribution in [0.25, 0.3) is 0 Å². The fraction of sp³-hybridized carbons (Fsp3) is 0.889. The van der Waals surface area contributed by atoms with Gasteiger partial charge in [0.05, 0.1) is 12.6 Å². The molecule has 5 N–H and O–H groups in total. The number of nitrogens with zero attached hydrogens (tertiary/aromatic N) is 1. The largest absolute Gasteiger partial charge is 0.393 e. The van der Waals surface area contributed by atoms with Gasteiger partial charge in [0.1, 0.15) is 11.4 Å². The molecule has 1 saturated heterocycles. The Morgan fingerprint density at radius 1 is 1.71 bits per heavy atom. The highest BCUT2D eigenvalue weighted by molar-refractivity contribution is 5.82. The molecule has 0 radical (unpaired) electrons. The van der Waals surface area contributed by atoms with E-state index >= 15 is 0 Å². The summed E-state index contributed by atoms with van der Waals surface area (Å²) in [6, 6.07) is -0.159. The molecule has 0 spiro atoms. The number of likely N-dealkylation sites (tertiary alicyclic amines) is 1. The Bertz CT molecular complexity index is 222. The molecule has 0 amide bonds. The highest BCUT2D eigenvalue weighted by atomic mass is 16.3. The van der Waals surface area contributed by atoms with Gasteiger partial charge in [0.15, 0.2) is 0 Å². The molecule has 5 nitrogen and oxygen atoms in total. The van der Waals surface area contributed by atoms with Gasteiger partial charge in [0.2, 0.25) is 0 Å². The quantitative estimate of drug-likeness (QED) is 0.353. The maximum absolute atomic E-state index is 9.88. The number of nitrogens with two attached hydrogens (primary N) is 1. The summed E-state index contributed by atoms with van der Waals surface area (Å²) in [5, 5.41) is 26.2. The second kappa shape index (κ2) is 4.25. The summed E-state index contributed by atoms with van der Waals surface area (Å²) in [5.74, 6) is 0.104. The van der Waals surface area contributed by atoms with Gasteiger partial charge in [0.25, 0.3) is 0 Å². The third-order valence-electron chi connectivity index (χ3n) is 2.88. The first kappa shape index (κ1) is 11.4. The maximum atomic E-state index is 9.88. The summed E-state index contributed by atoms with van der Waals surface area (Å²) >= 11 is 0. The third kappa shape index (κ3) is 2.43. The number of rotatable bonds is 3. The first-order valence-electron chi connectivity index (χ1n) is 4.90. The lowest BCUT2D eigenvalue weighted by Gasteiger charge is -2.40. The Morgan fingerprint density at radius 2 is 2.36 bits per heavy atom. The highest BCUT2D eigenvalue weighted by Gasteiger charge is 2.34. The van der Waals surface area contributed by atoms with Crippen LogP contribution in [0, 0.1) is 5.41 Å². The van der Waals surface area contributed by atoms with Crippen LogP contribution in [0.1, 0.15) is 19.8 Å². The van der Waals surface area contributed by atoms with Crippen molar-refractivity contribution in [2.45, 2.75) is 31.4 Å². The van der Waals surface area contributed by atoms with E-state index in [-0.39, 0.29) is 18.5 Å². The molecule has 2 atom stereocenters. The van der Waals surface area contributed by atoms with Gasteiger partial charge in [0, 0.05) is 6.54 Å². The van der Waals surface area contributed by atoms with Crippen LogP contribution in [-0.4, -0.2) is 52.3 Å². The minimum absolute atomic E-state index is 0.104. The van der Waals surface area contributed by atoms with E-state index in [1.54, 1.807) is 0 Å². The summed E-state index contributed by atoms with van der Waals surface area (Å²) in [5.41, 5.74) is 4.38. The average Bonchev–Trinajstić information content (AvgIpc) is 2.16. The zero-order valence-corrected chi connectivity index (χ0v) is 8.53. The zero-order valence-electron chi connectivity index (χ0n) is 8.53. The van der Waals surface area contributed by atoms with Crippen molar-refractivity contribution in [3.05, 3.63) is 0 Å². The summed E-state index contributed by atoms with van der Waals surface area (Å²) in [7, 11) is 0. The second-order valence-electron chi connectivity index (χ2n) is 4.09. The molecule has 82 valence electrons. The highest BCUT2D eigenvalue weighted by Crippen LogP contribution is 2.21. The van der Waals surface area contributed by atoms with Crippen molar-refractivity contribution < 1.29 is 10.2 Å². The van der Waals surface area contributed by atoms with E-state index < -0.39 is 5.60 Å². The lowest BCUT2D eigenvalue weighted by atomic mass is 9.93. The standard InChI is InChI=1S/C9H19N3O2/c1-7(8(10)11)12-4-2-3-9(14,5-12)6-13/h7,13-14H,2-6H2,1H3,(H3,10,11). The van der Waals surface area contributed by atoms with Crippen LogP contribution in [0.5, 0.6) is 0 Å². The average molecular weight is 201 g/mol. The number of piperidine rings is 1. The topological polar surface area (TPSA) is 93.6 Å². The van der Waals surface area contributed by atoms with Crippen molar-refractivity contribution in [3.8, 4) is 0 Å². The van der Waals surface area contributed by atoms with E-state index in [1.807, 2.05) is 11.8 Å². The minimum atomic E-state index is -1.01. The number of nitrogens with one attached hydrogen (secondary N) is 1. The molecule has 1 heterocycles. The van der Waals surface area contributed by atoms with Gasteiger partial charge in [-0.15, -0.1) is 0 Å². The van der Waals surface area contributed by atoms with Crippen molar-refractivity contribution in [3.63, 3.8) is 0 Å².